The van der Waals surface area contributed by atoms with Gasteiger partial charge >= 0.3 is 6.03 Å². The number of urea groups is 1. The first-order valence-corrected chi connectivity index (χ1v) is 22.4. The molecule has 3 aromatic carbocycles. The maximum atomic E-state index is 13.1. The number of benzene rings is 3. The maximum Gasteiger partial charge on any atom is 0.317 e. The Morgan fingerprint density at radius 1 is 0.954 bits per heavy atom. The van der Waals surface area contributed by atoms with Crippen molar-refractivity contribution >= 4 is 70.1 Å². The number of hydrogen-bond donors (Lipinski definition) is 6. The molecule has 4 aliphatic rings. The summed E-state index contributed by atoms with van der Waals surface area (Å²) in [4.78, 5) is 76.7. The molecule has 1 saturated carbocycles. The standard InChI is InChI=1S/C47H52ClN11O6/c1-49-43(61)37-8-2-3-9-39(37)54-42-38(48)28-51-46(56-42)52-32-11-13-35(14-12-32)57-19-21-58(22-20-57)47(64)53-34-26-33(27-34)50-18-6-24-65-23-5-4-7-30-10-15-36-31(25-30)29-59(45(36)63)40-16-17-41(60)55-44(40)62/h2-3,8-15,25,28,33-34,40,50H,5-6,16-24,26-27,29H2,1H3,(H,49,61)(H,53,64)(H,55,60,62)(H2,51,52,54,56)/t33-,34-,40?. The van der Waals surface area contributed by atoms with Crippen LogP contribution in [0.15, 0.2) is 72.9 Å². The van der Waals surface area contributed by atoms with Crippen LogP contribution in [0.1, 0.15) is 70.4 Å². The number of imide groups is 1. The lowest BCUT2D eigenvalue weighted by Gasteiger charge is -2.40. The van der Waals surface area contributed by atoms with E-state index in [-0.39, 0.29) is 36.2 Å². The number of fused-ring (bicyclic) bond motifs is 1. The first kappa shape index (κ1) is 44.9. The highest BCUT2D eigenvalue weighted by atomic mass is 35.5. The van der Waals surface area contributed by atoms with Gasteiger partial charge < -0.3 is 46.0 Å². The number of piperidine rings is 1. The van der Waals surface area contributed by atoms with Gasteiger partial charge in [-0.05, 0) is 92.4 Å². The Morgan fingerprint density at radius 2 is 1.75 bits per heavy atom. The van der Waals surface area contributed by atoms with Gasteiger partial charge in [0, 0.05) is 93.8 Å². The molecule has 2 saturated heterocycles. The van der Waals surface area contributed by atoms with E-state index in [0.29, 0.717) is 85.3 Å². The molecule has 17 nitrogen and oxygen atoms in total. The van der Waals surface area contributed by atoms with Gasteiger partial charge in [-0.1, -0.05) is 35.6 Å². The highest BCUT2D eigenvalue weighted by molar-refractivity contribution is 6.33. The van der Waals surface area contributed by atoms with E-state index < -0.39 is 11.9 Å². The van der Waals surface area contributed by atoms with E-state index in [2.05, 4.69) is 58.6 Å². The molecule has 3 aliphatic heterocycles. The number of hydrogen-bond acceptors (Lipinski definition) is 12. The summed E-state index contributed by atoms with van der Waals surface area (Å²) in [6.07, 6.45) is 5.32. The molecule has 18 heteroatoms. The molecule has 1 unspecified atom stereocenters. The van der Waals surface area contributed by atoms with Crippen molar-refractivity contribution in [3.8, 4) is 11.8 Å². The van der Waals surface area contributed by atoms with Gasteiger partial charge in [0.1, 0.15) is 11.1 Å². The van der Waals surface area contributed by atoms with Crippen molar-refractivity contribution in [2.45, 2.75) is 63.2 Å². The van der Waals surface area contributed by atoms with Gasteiger partial charge in [-0.3, -0.25) is 24.5 Å². The van der Waals surface area contributed by atoms with Crippen molar-refractivity contribution in [1.82, 2.24) is 41.0 Å². The number of rotatable bonds is 15. The number of ether oxygens (including phenoxy) is 1. The minimum Gasteiger partial charge on any atom is -0.380 e. The Kier molecular flexibility index (Phi) is 14.4. The molecule has 3 fully saturated rings. The molecule has 65 heavy (non-hydrogen) atoms. The summed E-state index contributed by atoms with van der Waals surface area (Å²) in [5, 5.41) is 18.4. The number of aromatic nitrogens is 2. The van der Waals surface area contributed by atoms with Crippen LogP contribution >= 0.6 is 11.6 Å². The Hall–Kier alpha value is -6.74. The van der Waals surface area contributed by atoms with Gasteiger partial charge in [-0.25, -0.2) is 9.78 Å². The SMILES string of the molecule is CNC(=O)c1ccccc1Nc1nc(Nc2ccc(N3CCN(C(=O)N[C@H]4C[C@H](NCCCOCCC#Cc5ccc6c(c5)CN(C5CCC(=O)NC5=O)C6=O)C4)CC3)cc2)ncc1Cl. The molecule has 6 amide bonds. The predicted octanol–water partition coefficient (Wildman–Crippen LogP) is 4.54. The topological polar surface area (TPSA) is 202 Å². The van der Waals surface area contributed by atoms with Crippen LogP contribution < -0.4 is 36.8 Å². The van der Waals surface area contributed by atoms with Crippen LogP contribution in [-0.4, -0.2) is 121 Å². The largest absolute Gasteiger partial charge is 0.380 e. The van der Waals surface area contributed by atoms with E-state index in [4.69, 9.17) is 16.3 Å². The lowest BCUT2D eigenvalue weighted by atomic mass is 9.87. The summed E-state index contributed by atoms with van der Waals surface area (Å²) in [6.45, 7) is 5.03. The van der Waals surface area contributed by atoms with Gasteiger partial charge in [-0.2, -0.15) is 4.98 Å². The normalized spacial score (nSPS) is 19.1. The first-order chi connectivity index (χ1) is 31.6. The summed E-state index contributed by atoms with van der Waals surface area (Å²) in [7, 11) is 1.58. The quantitative estimate of drug-likeness (QED) is 0.0554. The molecule has 6 N–H and O–H groups in total. The molecule has 0 bridgehead atoms. The fraction of sp³-hybridized carbons (Fsp3) is 0.383. The van der Waals surface area contributed by atoms with E-state index in [1.807, 2.05) is 47.4 Å². The second-order valence-electron chi connectivity index (χ2n) is 16.3. The highest BCUT2D eigenvalue weighted by Crippen LogP contribution is 2.30. The Morgan fingerprint density at radius 3 is 2.54 bits per heavy atom. The third kappa shape index (κ3) is 11.1. The van der Waals surface area contributed by atoms with Gasteiger partial charge in [-0.15, -0.1) is 0 Å². The van der Waals surface area contributed by atoms with Crippen LogP contribution in [0, 0.1) is 11.8 Å². The lowest BCUT2D eigenvalue weighted by Crippen LogP contribution is -2.58. The zero-order valence-electron chi connectivity index (χ0n) is 36.1. The van der Waals surface area contributed by atoms with E-state index in [1.54, 1.807) is 31.3 Å². The number of piperazine rings is 1. The summed E-state index contributed by atoms with van der Waals surface area (Å²) < 4.78 is 5.79. The minimum absolute atomic E-state index is 0.0132. The van der Waals surface area contributed by atoms with Crippen LogP contribution in [0.4, 0.5) is 33.6 Å². The molecule has 1 atom stereocenters. The van der Waals surface area contributed by atoms with E-state index in [1.165, 1.54) is 11.1 Å². The number of nitrogens with one attached hydrogen (secondary N) is 6. The molecule has 0 radical (unpaired) electrons. The molecule has 4 heterocycles. The Balaban J connectivity index is 0.674. The van der Waals surface area contributed by atoms with Crippen LogP contribution in [0.5, 0.6) is 0 Å². The summed E-state index contributed by atoms with van der Waals surface area (Å²) in [6, 6.07) is 20.4. The highest BCUT2D eigenvalue weighted by Gasteiger charge is 2.39. The van der Waals surface area contributed by atoms with E-state index in [9.17, 15) is 24.0 Å². The molecular formula is C47H52ClN11O6. The predicted molar refractivity (Wildman–Crippen MR) is 246 cm³/mol. The van der Waals surface area contributed by atoms with Crippen molar-refractivity contribution in [3.63, 3.8) is 0 Å². The molecule has 1 aromatic heterocycles. The molecule has 8 rings (SSSR count). The zero-order valence-corrected chi connectivity index (χ0v) is 36.9. The lowest BCUT2D eigenvalue weighted by molar-refractivity contribution is -0.136. The van der Waals surface area contributed by atoms with Crippen molar-refractivity contribution < 1.29 is 28.7 Å². The van der Waals surface area contributed by atoms with Gasteiger partial charge in [0.25, 0.3) is 11.8 Å². The third-order valence-electron chi connectivity index (χ3n) is 11.9. The zero-order chi connectivity index (χ0) is 45.3. The van der Waals surface area contributed by atoms with Crippen molar-refractivity contribution in [1.29, 1.82) is 0 Å². The summed E-state index contributed by atoms with van der Waals surface area (Å²) in [5.41, 5.74) is 5.10. The molecule has 4 aromatic rings. The number of nitrogens with zero attached hydrogens (tertiary/aromatic N) is 5. The minimum atomic E-state index is -0.633. The van der Waals surface area contributed by atoms with Crippen LogP contribution in [0.3, 0.4) is 0 Å². The number of carbonyl (C=O) groups excluding carboxylic acids is 5. The van der Waals surface area contributed by atoms with E-state index in [0.717, 1.165) is 61.4 Å². The fourth-order valence-electron chi connectivity index (χ4n) is 8.31. The second kappa shape index (κ2) is 20.8. The average Bonchev–Trinajstić information content (AvgIpc) is 3.63. The average molecular weight is 902 g/mol. The summed E-state index contributed by atoms with van der Waals surface area (Å²) in [5.74, 6) is 5.85. The molecule has 0 spiro atoms. The fourth-order valence-corrected chi connectivity index (χ4v) is 8.45. The smallest absolute Gasteiger partial charge is 0.317 e. The summed E-state index contributed by atoms with van der Waals surface area (Å²) >= 11 is 6.40. The van der Waals surface area contributed by atoms with Crippen molar-refractivity contribution in [2.75, 3.05) is 68.5 Å². The van der Waals surface area contributed by atoms with Crippen LogP contribution in [0.25, 0.3) is 0 Å². The number of anilines is 5. The molecule has 338 valence electrons. The van der Waals surface area contributed by atoms with Crippen LogP contribution in [0.2, 0.25) is 5.02 Å². The van der Waals surface area contributed by atoms with Crippen molar-refractivity contribution in [3.05, 3.63) is 100 Å². The van der Waals surface area contributed by atoms with Gasteiger partial charge in [0.15, 0.2) is 5.82 Å². The van der Waals surface area contributed by atoms with Gasteiger partial charge in [0.05, 0.1) is 24.1 Å². The monoisotopic (exact) mass is 901 g/mol. The molecule has 1 aliphatic carbocycles. The number of para-hydroxylation sites is 1. The maximum absolute atomic E-state index is 13.1. The number of carbonyl (C=O) groups is 5. The number of halogens is 1. The molecular weight excluding hydrogens is 850 g/mol. The Bertz CT molecular complexity index is 2480. The third-order valence-corrected chi connectivity index (χ3v) is 12.2. The first-order valence-electron chi connectivity index (χ1n) is 22.0. The van der Waals surface area contributed by atoms with Crippen molar-refractivity contribution in [2.24, 2.45) is 0 Å². The van der Waals surface area contributed by atoms with Gasteiger partial charge in [0.2, 0.25) is 17.8 Å². The van der Waals surface area contributed by atoms with E-state index >= 15 is 0 Å². The van der Waals surface area contributed by atoms with Crippen LogP contribution in [-0.2, 0) is 20.9 Å². The Labute approximate surface area is 382 Å². The second-order valence-corrected chi connectivity index (χ2v) is 16.8. The number of amides is 6.